The van der Waals surface area contributed by atoms with Crippen LogP contribution in [0.5, 0.6) is 5.75 Å². The van der Waals surface area contributed by atoms with Gasteiger partial charge in [-0.15, -0.1) is 11.3 Å². The van der Waals surface area contributed by atoms with Crippen LogP contribution in [-0.4, -0.2) is 74.0 Å². The van der Waals surface area contributed by atoms with Gasteiger partial charge in [0.2, 0.25) is 5.91 Å². The molecule has 0 aliphatic carbocycles. The van der Waals surface area contributed by atoms with Gasteiger partial charge >= 0.3 is 0 Å². The van der Waals surface area contributed by atoms with Crippen molar-refractivity contribution in [2.75, 3.05) is 52.4 Å². The molecule has 28 heavy (non-hydrogen) atoms. The molecule has 1 aliphatic rings. The number of piperidine rings is 1. The monoisotopic (exact) mass is 407 g/mol. The number of thiazole rings is 1. The maximum atomic E-state index is 12.7. The van der Waals surface area contributed by atoms with Gasteiger partial charge in [-0.25, -0.2) is 4.98 Å². The number of carbonyl (C=O) groups excluding carboxylic acids is 1. The molecule has 8 heteroatoms. The normalized spacial score (nSPS) is 16.4. The number of ether oxygens (including phenoxy) is 2. The van der Waals surface area contributed by atoms with Gasteiger partial charge in [-0.3, -0.25) is 4.79 Å². The molecule has 0 unspecified atom stereocenters. The summed E-state index contributed by atoms with van der Waals surface area (Å²) in [5.41, 5.74) is 1.18. The topological polar surface area (TPSA) is 75.1 Å². The van der Waals surface area contributed by atoms with Gasteiger partial charge in [0.25, 0.3) is 0 Å². The molecule has 0 saturated carbocycles. The lowest BCUT2D eigenvalue weighted by Gasteiger charge is -2.35. The van der Waals surface area contributed by atoms with E-state index in [0.29, 0.717) is 38.3 Å². The Kier molecular flexibility index (Phi) is 6.42. The van der Waals surface area contributed by atoms with Crippen molar-refractivity contribution < 1.29 is 19.4 Å². The van der Waals surface area contributed by atoms with E-state index in [-0.39, 0.29) is 12.3 Å². The van der Waals surface area contributed by atoms with E-state index in [9.17, 15) is 9.90 Å². The maximum Gasteiger partial charge on any atom is 0.229 e. The van der Waals surface area contributed by atoms with Crippen molar-refractivity contribution in [3.63, 3.8) is 0 Å². The maximum absolute atomic E-state index is 12.7. The number of aliphatic hydroxyl groups is 1. The molecule has 0 spiro atoms. The van der Waals surface area contributed by atoms with E-state index in [1.54, 1.807) is 14.2 Å². The Hall–Kier alpha value is -1.90. The fourth-order valence-corrected chi connectivity index (χ4v) is 4.52. The van der Waals surface area contributed by atoms with Crippen molar-refractivity contribution in [3.05, 3.63) is 17.1 Å². The van der Waals surface area contributed by atoms with Crippen LogP contribution in [0.1, 0.15) is 24.8 Å². The van der Waals surface area contributed by atoms with Crippen molar-refractivity contribution in [1.82, 2.24) is 9.88 Å². The Balaban J connectivity index is 1.81. The minimum atomic E-state index is -0.665. The van der Waals surface area contributed by atoms with Crippen molar-refractivity contribution in [2.45, 2.75) is 31.8 Å². The molecule has 1 saturated heterocycles. The molecule has 2 heterocycles. The molecule has 1 aromatic heterocycles. The van der Waals surface area contributed by atoms with E-state index < -0.39 is 5.60 Å². The Bertz CT molecular complexity index is 826. The third-order valence-corrected chi connectivity index (χ3v) is 6.37. The molecule has 7 nitrogen and oxygen atoms in total. The van der Waals surface area contributed by atoms with Gasteiger partial charge in [0.1, 0.15) is 16.3 Å². The second-order valence-corrected chi connectivity index (χ2v) is 8.62. The van der Waals surface area contributed by atoms with Crippen LogP contribution in [0.25, 0.3) is 10.2 Å². The second-order valence-electron chi connectivity index (χ2n) is 7.54. The molecule has 3 rings (SSSR count). The van der Waals surface area contributed by atoms with Crippen LogP contribution in [0.15, 0.2) is 12.1 Å². The average Bonchev–Trinajstić information content (AvgIpc) is 3.08. The molecule has 2 aromatic rings. The fourth-order valence-electron chi connectivity index (χ4n) is 3.38. The summed E-state index contributed by atoms with van der Waals surface area (Å²) in [5.74, 6) is 0.769. The summed E-state index contributed by atoms with van der Waals surface area (Å²) in [6, 6.07) is 3.94. The molecule has 154 valence electrons. The Morgan fingerprint density at radius 1 is 1.36 bits per heavy atom. The van der Waals surface area contributed by atoms with Crippen molar-refractivity contribution in [3.8, 4) is 5.75 Å². The number of likely N-dealkylation sites (N-methyl/N-ethyl adjacent to an activating group) is 1. The van der Waals surface area contributed by atoms with Crippen LogP contribution in [0, 0.1) is 0 Å². The lowest BCUT2D eigenvalue weighted by Crippen LogP contribution is -2.45. The number of methoxy groups -OCH3 is 2. The Morgan fingerprint density at radius 3 is 2.71 bits per heavy atom. The first kappa shape index (κ1) is 20.8. The Labute approximate surface area is 169 Å². The first-order valence-corrected chi connectivity index (χ1v) is 10.3. The lowest BCUT2D eigenvalue weighted by molar-refractivity contribution is -0.134. The largest absolute Gasteiger partial charge is 0.494 e. The summed E-state index contributed by atoms with van der Waals surface area (Å²) >= 11 is 1.54. The van der Waals surface area contributed by atoms with Crippen LogP contribution in [0.2, 0.25) is 0 Å². The predicted octanol–water partition coefficient (Wildman–Crippen LogP) is 2.30. The molecule has 0 radical (unpaired) electrons. The highest BCUT2D eigenvalue weighted by atomic mass is 32.1. The zero-order valence-electron chi connectivity index (χ0n) is 17.0. The van der Waals surface area contributed by atoms with E-state index in [1.807, 2.05) is 31.0 Å². The molecule has 1 N–H and O–H groups in total. The molecule has 1 amide bonds. The molecule has 1 fully saturated rings. The number of fused-ring (bicyclic) bond motifs is 1. The quantitative estimate of drug-likeness (QED) is 0.759. The SMILES string of the molecule is COCCN(C)c1ccc(OC)c2nc(CC(=O)N3CCC(C)(O)CC3)sc12. The van der Waals surface area contributed by atoms with Gasteiger partial charge in [0.15, 0.2) is 0 Å². The van der Waals surface area contributed by atoms with E-state index >= 15 is 0 Å². The predicted molar refractivity (Wildman–Crippen MR) is 111 cm³/mol. The van der Waals surface area contributed by atoms with Gasteiger partial charge in [-0.1, -0.05) is 0 Å². The minimum Gasteiger partial charge on any atom is -0.494 e. The number of amides is 1. The van der Waals surface area contributed by atoms with Gasteiger partial charge < -0.3 is 24.4 Å². The zero-order chi connectivity index (χ0) is 20.3. The van der Waals surface area contributed by atoms with E-state index in [4.69, 9.17) is 14.5 Å². The minimum absolute atomic E-state index is 0.0582. The average molecular weight is 408 g/mol. The van der Waals surface area contributed by atoms with E-state index in [2.05, 4.69) is 4.90 Å². The number of aromatic nitrogens is 1. The van der Waals surface area contributed by atoms with Gasteiger partial charge in [-0.2, -0.15) is 0 Å². The highest BCUT2D eigenvalue weighted by Crippen LogP contribution is 2.37. The van der Waals surface area contributed by atoms with Crippen LogP contribution in [-0.2, 0) is 16.0 Å². The second kappa shape index (κ2) is 8.63. The highest BCUT2D eigenvalue weighted by Gasteiger charge is 2.30. The number of hydrogen-bond acceptors (Lipinski definition) is 7. The first-order valence-electron chi connectivity index (χ1n) is 9.51. The standard InChI is InChI=1S/C20H29N3O4S/c1-20(25)7-9-23(10-8-20)17(24)13-16-21-18-15(27-4)6-5-14(19(18)28-16)22(2)11-12-26-3/h5-6,25H,7-13H2,1-4H3. The zero-order valence-corrected chi connectivity index (χ0v) is 17.8. The number of carbonyl (C=O) groups is 1. The van der Waals surface area contributed by atoms with E-state index in [1.165, 1.54) is 11.3 Å². The third-order valence-electron chi connectivity index (χ3n) is 5.29. The molecule has 0 atom stereocenters. The Morgan fingerprint density at radius 2 is 2.07 bits per heavy atom. The summed E-state index contributed by atoms with van der Waals surface area (Å²) in [4.78, 5) is 21.4. The fraction of sp³-hybridized carbons (Fsp3) is 0.600. The van der Waals surface area contributed by atoms with Gasteiger partial charge in [0, 0.05) is 33.8 Å². The van der Waals surface area contributed by atoms with E-state index in [0.717, 1.165) is 27.5 Å². The molecular weight excluding hydrogens is 378 g/mol. The first-order chi connectivity index (χ1) is 13.3. The number of rotatable bonds is 7. The van der Waals surface area contributed by atoms with Crippen LogP contribution in [0.3, 0.4) is 0 Å². The van der Waals surface area contributed by atoms with Crippen molar-refractivity contribution in [1.29, 1.82) is 0 Å². The lowest BCUT2D eigenvalue weighted by atomic mass is 9.94. The summed E-state index contributed by atoms with van der Waals surface area (Å²) in [7, 11) is 5.34. The van der Waals surface area contributed by atoms with Crippen LogP contribution in [0.4, 0.5) is 5.69 Å². The molecular formula is C20H29N3O4S. The third kappa shape index (κ3) is 4.56. The number of anilines is 1. The molecule has 1 aromatic carbocycles. The van der Waals surface area contributed by atoms with Gasteiger partial charge in [0.05, 0.1) is 36.1 Å². The summed E-state index contributed by atoms with van der Waals surface area (Å²) in [6.07, 6.45) is 1.49. The van der Waals surface area contributed by atoms with Gasteiger partial charge in [-0.05, 0) is 31.9 Å². The summed E-state index contributed by atoms with van der Waals surface area (Å²) in [6.45, 7) is 4.40. The number of likely N-dealkylation sites (tertiary alicyclic amines) is 1. The molecule has 0 bridgehead atoms. The number of hydrogen-bond donors (Lipinski definition) is 1. The van der Waals surface area contributed by atoms with Crippen molar-refractivity contribution >= 4 is 33.1 Å². The van der Waals surface area contributed by atoms with Crippen molar-refractivity contribution in [2.24, 2.45) is 0 Å². The highest BCUT2D eigenvalue weighted by molar-refractivity contribution is 7.19. The van der Waals surface area contributed by atoms with Crippen LogP contribution < -0.4 is 9.64 Å². The summed E-state index contributed by atoms with van der Waals surface area (Å²) in [5, 5.41) is 10.9. The molecule has 1 aliphatic heterocycles. The number of benzene rings is 1. The summed E-state index contributed by atoms with van der Waals surface area (Å²) < 4.78 is 11.7. The van der Waals surface area contributed by atoms with Crippen LogP contribution >= 0.6 is 11.3 Å². The number of nitrogens with zero attached hydrogens (tertiary/aromatic N) is 3. The smallest absolute Gasteiger partial charge is 0.229 e.